The zero-order chi connectivity index (χ0) is 12.4. The van der Waals surface area contributed by atoms with Crippen molar-refractivity contribution in [3.63, 3.8) is 0 Å². The summed E-state index contributed by atoms with van der Waals surface area (Å²) in [4.78, 5) is 2.23. The number of halogens is 2. The zero-order valence-corrected chi connectivity index (χ0v) is 11.0. The van der Waals surface area contributed by atoms with Crippen molar-refractivity contribution in [2.75, 3.05) is 24.5 Å². The van der Waals surface area contributed by atoms with Crippen molar-refractivity contribution in [1.82, 2.24) is 5.32 Å². The molecule has 94 valence electrons. The maximum absolute atomic E-state index is 13.0. The minimum absolute atomic E-state index is 0.283. The molecule has 0 saturated carbocycles. The predicted molar refractivity (Wildman–Crippen MR) is 70.3 cm³/mol. The van der Waals surface area contributed by atoms with Crippen LogP contribution in [0.3, 0.4) is 0 Å². The average Bonchev–Trinajstić information content (AvgIpc) is 2.29. The highest BCUT2D eigenvalue weighted by Crippen LogP contribution is 2.27. The number of nitrogens with one attached hydrogen (secondary N) is 1. The van der Waals surface area contributed by atoms with Gasteiger partial charge in [-0.2, -0.15) is 0 Å². The van der Waals surface area contributed by atoms with Gasteiger partial charge in [0.2, 0.25) is 0 Å². The fourth-order valence-electron chi connectivity index (χ4n) is 2.18. The molecule has 1 aliphatic rings. The van der Waals surface area contributed by atoms with E-state index in [4.69, 9.17) is 11.6 Å². The number of piperazine rings is 1. The lowest BCUT2D eigenvalue weighted by atomic mass is 10.0. The van der Waals surface area contributed by atoms with E-state index in [1.165, 1.54) is 12.1 Å². The number of hydrogen-bond acceptors (Lipinski definition) is 2. The summed E-state index contributed by atoms with van der Waals surface area (Å²) in [5.74, 6) is 0.298. The third-order valence-electron chi connectivity index (χ3n) is 3.26. The molecule has 0 spiro atoms. The van der Waals surface area contributed by atoms with Crippen LogP contribution in [0.25, 0.3) is 0 Å². The second-order valence-corrected chi connectivity index (χ2v) is 5.25. The van der Waals surface area contributed by atoms with E-state index in [1.807, 2.05) is 0 Å². The van der Waals surface area contributed by atoms with Crippen molar-refractivity contribution < 1.29 is 4.39 Å². The maximum atomic E-state index is 13.0. The predicted octanol–water partition coefficient (Wildman–Crippen LogP) is 2.91. The summed E-state index contributed by atoms with van der Waals surface area (Å²) in [5, 5.41) is 3.99. The molecule has 4 heteroatoms. The van der Waals surface area contributed by atoms with Gasteiger partial charge in [0, 0.05) is 25.7 Å². The lowest BCUT2D eigenvalue weighted by molar-refractivity contribution is 0.368. The minimum Gasteiger partial charge on any atom is -0.367 e. The standard InChI is InChI=1S/C13H18ClFN2/c1-9(2)12-8-17(6-5-16-12)13-4-3-10(15)7-11(13)14/h3-4,7,9,12,16H,5-6,8H2,1-2H3. The Morgan fingerprint density at radius 3 is 2.88 bits per heavy atom. The zero-order valence-electron chi connectivity index (χ0n) is 10.2. The summed E-state index contributed by atoms with van der Waals surface area (Å²) >= 11 is 6.09. The fourth-order valence-corrected chi connectivity index (χ4v) is 2.47. The molecule has 1 aliphatic heterocycles. The van der Waals surface area contributed by atoms with Crippen LogP contribution in [0.15, 0.2) is 18.2 Å². The molecule has 17 heavy (non-hydrogen) atoms. The monoisotopic (exact) mass is 256 g/mol. The summed E-state index contributed by atoms with van der Waals surface area (Å²) in [7, 11) is 0. The Hall–Kier alpha value is -0.800. The molecule has 0 aromatic heterocycles. The van der Waals surface area contributed by atoms with Gasteiger partial charge in [-0.3, -0.25) is 0 Å². The van der Waals surface area contributed by atoms with Crippen molar-refractivity contribution >= 4 is 17.3 Å². The Kier molecular flexibility index (Phi) is 3.89. The van der Waals surface area contributed by atoms with E-state index < -0.39 is 0 Å². The minimum atomic E-state index is -0.283. The van der Waals surface area contributed by atoms with Gasteiger partial charge in [-0.1, -0.05) is 25.4 Å². The third kappa shape index (κ3) is 2.90. The Morgan fingerprint density at radius 1 is 1.47 bits per heavy atom. The maximum Gasteiger partial charge on any atom is 0.124 e. The quantitative estimate of drug-likeness (QED) is 0.875. The lowest BCUT2D eigenvalue weighted by Gasteiger charge is -2.37. The van der Waals surface area contributed by atoms with E-state index in [2.05, 4.69) is 24.1 Å². The first-order valence-electron chi connectivity index (χ1n) is 6.01. The van der Waals surface area contributed by atoms with Gasteiger partial charge in [0.15, 0.2) is 0 Å². The smallest absolute Gasteiger partial charge is 0.124 e. The summed E-state index contributed by atoms with van der Waals surface area (Å²) in [6.45, 7) is 7.18. The molecule has 0 radical (unpaired) electrons. The fraction of sp³-hybridized carbons (Fsp3) is 0.538. The van der Waals surface area contributed by atoms with Crippen molar-refractivity contribution in [1.29, 1.82) is 0 Å². The highest BCUT2D eigenvalue weighted by molar-refractivity contribution is 6.33. The molecule has 1 heterocycles. The van der Waals surface area contributed by atoms with E-state index in [9.17, 15) is 4.39 Å². The first-order chi connectivity index (χ1) is 8.08. The van der Waals surface area contributed by atoms with Crippen LogP contribution in [-0.2, 0) is 0 Å². The first kappa shape index (κ1) is 12.7. The molecule has 0 bridgehead atoms. The van der Waals surface area contributed by atoms with Crippen molar-refractivity contribution in [2.24, 2.45) is 5.92 Å². The number of hydrogen-bond donors (Lipinski definition) is 1. The number of anilines is 1. The van der Waals surface area contributed by atoms with Crippen LogP contribution < -0.4 is 10.2 Å². The van der Waals surface area contributed by atoms with Crippen LogP contribution >= 0.6 is 11.6 Å². The first-order valence-corrected chi connectivity index (χ1v) is 6.39. The molecular formula is C13H18ClFN2. The lowest BCUT2D eigenvalue weighted by Crippen LogP contribution is -2.53. The summed E-state index contributed by atoms with van der Waals surface area (Å²) < 4.78 is 13.0. The molecule has 1 unspecified atom stereocenters. The van der Waals surface area contributed by atoms with Gasteiger partial charge in [0.1, 0.15) is 5.82 Å². The van der Waals surface area contributed by atoms with E-state index in [1.54, 1.807) is 6.07 Å². The second kappa shape index (κ2) is 5.23. The van der Waals surface area contributed by atoms with Crippen molar-refractivity contribution in [3.8, 4) is 0 Å². The van der Waals surface area contributed by atoms with Gasteiger partial charge >= 0.3 is 0 Å². The van der Waals surface area contributed by atoms with E-state index >= 15 is 0 Å². The van der Waals surface area contributed by atoms with Crippen LogP contribution in [0.2, 0.25) is 5.02 Å². The molecule has 1 fully saturated rings. The van der Waals surface area contributed by atoms with Crippen molar-refractivity contribution in [3.05, 3.63) is 29.0 Å². The van der Waals surface area contributed by atoms with E-state index in [0.29, 0.717) is 17.0 Å². The van der Waals surface area contributed by atoms with Crippen LogP contribution in [0.1, 0.15) is 13.8 Å². The SMILES string of the molecule is CC(C)C1CN(c2ccc(F)cc2Cl)CCN1. The molecule has 0 amide bonds. The average molecular weight is 257 g/mol. The molecule has 2 rings (SSSR count). The number of rotatable bonds is 2. The Bertz CT molecular complexity index is 395. The normalized spacial score (nSPS) is 21.0. The molecule has 1 saturated heterocycles. The molecular weight excluding hydrogens is 239 g/mol. The van der Waals surface area contributed by atoms with Gasteiger partial charge in [-0.25, -0.2) is 4.39 Å². The van der Waals surface area contributed by atoms with E-state index in [0.717, 1.165) is 25.3 Å². The molecule has 1 aromatic carbocycles. The van der Waals surface area contributed by atoms with Crippen LogP contribution in [0, 0.1) is 11.7 Å². The van der Waals surface area contributed by atoms with Crippen LogP contribution in [-0.4, -0.2) is 25.7 Å². The summed E-state index contributed by atoms with van der Waals surface area (Å²) in [5.41, 5.74) is 0.931. The number of nitrogens with zero attached hydrogens (tertiary/aromatic N) is 1. The largest absolute Gasteiger partial charge is 0.367 e. The van der Waals surface area contributed by atoms with Crippen molar-refractivity contribution in [2.45, 2.75) is 19.9 Å². The van der Waals surface area contributed by atoms with E-state index in [-0.39, 0.29) is 5.82 Å². The molecule has 0 aliphatic carbocycles. The van der Waals surface area contributed by atoms with Gasteiger partial charge < -0.3 is 10.2 Å². The highest BCUT2D eigenvalue weighted by Gasteiger charge is 2.23. The Balaban J connectivity index is 2.16. The topological polar surface area (TPSA) is 15.3 Å². The Labute approximate surface area is 107 Å². The molecule has 2 nitrogen and oxygen atoms in total. The molecule has 1 aromatic rings. The molecule has 1 atom stereocenters. The van der Waals surface area contributed by atoms with Gasteiger partial charge in [-0.15, -0.1) is 0 Å². The number of benzene rings is 1. The van der Waals surface area contributed by atoms with Gasteiger partial charge in [-0.05, 0) is 24.1 Å². The van der Waals surface area contributed by atoms with Crippen LogP contribution in [0.4, 0.5) is 10.1 Å². The van der Waals surface area contributed by atoms with Gasteiger partial charge in [0.05, 0.1) is 10.7 Å². The molecule has 1 N–H and O–H groups in total. The van der Waals surface area contributed by atoms with Crippen LogP contribution in [0.5, 0.6) is 0 Å². The van der Waals surface area contributed by atoms with Gasteiger partial charge in [0.25, 0.3) is 0 Å². The second-order valence-electron chi connectivity index (χ2n) is 4.85. The highest BCUT2D eigenvalue weighted by atomic mass is 35.5. The third-order valence-corrected chi connectivity index (χ3v) is 3.56. The summed E-state index contributed by atoms with van der Waals surface area (Å²) in [6, 6.07) is 5.07. The Morgan fingerprint density at radius 2 is 2.24 bits per heavy atom. The summed E-state index contributed by atoms with van der Waals surface area (Å²) in [6.07, 6.45) is 0.